The molecule has 0 spiro atoms. The van der Waals surface area contributed by atoms with Crippen LogP contribution in [0.3, 0.4) is 0 Å². The maximum absolute atomic E-state index is 10.5. The molecule has 0 radical (unpaired) electrons. The molecule has 0 aliphatic carbocycles. The van der Waals surface area contributed by atoms with Gasteiger partial charge < -0.3 is 19.9 Å². The highest BCUT2D eigenvalue weighted by Crippen LogP contribution is 2.32. The summed E-state index contributed by atoms with van der Waals surface area (Å²) in [5.74, 6) is 0.542. The van der Waals surface area contributed by atoms with E-state index in [9.17, 15) is 4.79 Å². The van der Waals surface area contributed by atoms with Crippen LogP contribution in [-0.4, -0.2) is 37.9 Å². The third-order valence-corrected chi connectivity index (χ3v) is 3.31. The number of carboxylic acids is 1. The molecule has 1 aliphatic rings. The van der Waals surface area contributed by atoms with Gasteiger partial charge in [-0.2, -0.15) is 0 Å². The van der Waals surface area contributed by atoms with Gasteiger partial charge in [-0.3, -0.25) is 0 Å². The molecule has 0 bridgehead atoms. The van der Waals surface area contributed by atoms with Crippen LogP contribution in [0.2, 0.25) is 0 Å². The molecule has 2 N–H and O–H groups in total. The first-order chi connectivity index (χ1) is 9.20. The number of carboxylic acid groups (broad SMARTS) is 1. The SMILES string of the molecule is COc1cc(C2CCCNC2)ccc1OCC(=O)O. The summed E-state index contributed by atoms with van der Waals surface area (Å²) >= 11 is 0. The van der Waals surface area contributed by atoms with Crippen LogP contribution in [0.1, 0.15) is 24.3 Å². The smallest absolute Gasteiger partial charge is 0.341 e. The summed E-state index contributed by atoms with van der Waals surface area (Å²) in [4.78, 5) is 10.5. The summed E-state index contributed by atoms with van der Waals surface area (Å²) in [5.41, 5.74) is 1.20. The average Bonchev–Trinajstić information content (AvgIpc) is 2.45. The summed E-state index contributed by atoms with van der Waals surface area (Å²) in [6.45, 7) is 1.69. The van der Waals surface area contributed by atoms with Gasteiger partial charge in [-0.15, -0.1) is 0 Å². The number of nitrogens with one attached hydrogen (secondary N) is 1. The van der Waals surface area contributed by atoms with Gasteiger partial charge >= 0.3 is 5.97 Å². The zero-order valence-corrected chi connectivity index (χ0v) is 11.0. The largest absolute Gasteiger partial charge is 0.493 e. The number of rotatable bonds is 5. The average molecular weight is 265 g/mol. The van der Waals surface area contributed by atoms with Gasteiger partial charge in [0.2, 0.25) is 0 Å². The first kappa shape index (κ1) is 13.7. The number of carbonyl (C=O) groups is 1. The Balaban J connectivity index is 2.12. The molecule has 104 valence electrons. The highest BCUT2D eigenvalue weighted by molar-refractivity contribution is 5.68. The van der Waals surface area contributed by atoms with Gasteiger partial charge in [0.05, 0.1) is 7.11 Å². The molecule has 1 aromatic carbocycles. The number of ether oxygens (including phenoxy) is 2. The van der Waals surface area contributed by atoms with Crippen LogP contribution in [0.25, 0.3) is 0 Å². The van der Waals surface area contributed by atoms with E-state index in [-0.39, 0.29) is 6.61 Å². The maximum atomic E-state index is 10.5. The van der Waals surface area contributed by atoms with Crippen molar-refractivity contribution in [2.45, 2.75) is 18.8 Å². The Kier molecular flexibility index (Phi) is 4.63. The monoisotopic (exact) mass is 265 g/mol. The molecular formula is C14H19NO4. The third-order valence-electron chi connectivity index (χ3n) is 3.31. The Morgan fingerprint density at radius 2 is 2.32 bits per heavy atom. The fraction of sp³-hybridized carbons (Fsp3) is 0.500. The zero-order valence-electron chi connectivity index (χ0n) is 11.0. The second kappa shape index (κ2) is 6.43. The van der Waals surface area contributed by atoms with Crippen molar-refractivity contribution in [2.75, 3.05) is 26.8 Å². The first-order valence-corrected chi connectivity index (χ1v) is 6.44. The minimum atomic E-state index is -0.998. The quantitative estimate of drug-likeness (QED) is 0.847. The van der Waals surface area contributed by atoms with Crippen molar-refractivity contribution in [2.24, 2.45) is 0 Å². The van der Waals surface area contributed by atoms with Gasteiger partial charge in [-0.25, -0.2) is 4.79 Å². The molecule has 2 rings (SSSR count). The van der Waals surface area contributed by atoms with Gasteiger partial charge in [0.15, 0.2) is 18.1 Å². The molecule has 1 aromatic rings. The van der Waals surface area contributed by atoms with Crippen LogP contribution in [0, 0.1) is 0 Å². The molecule has 0 aromatic heterocycles. The molecule has 5 nitrogen and oxygen atoms in total. The predicted molar refractivity (Wildman–Crippen MR) is 71.0 cm³/mol. The lowest BCUT2D eigenvalue weighted by Gasteiger charge is -2.23. The van der Waals surface area contributed by atoms with Gasteiger partial charge in [0.25, 0.3) is 0 Å². The van der Waals surface area contributed by atoms with E-state index in [1.165, 1.54) is 12.0 Å². The first-order valence-electron chi connectivity index (χ1n) is 6.44. The van der Waals surface area contributed by atoms with E-state index < -0.39 is 5.97 Å². The van der Waals surface area contributed by atoms with Crippen molar-refractivity contribution in [1.29, 1.82) is 0 Å². The zero-order chi connectivity index (χ0) is 13.7. The Bertz CT molecular complexity index is 441. The van der Waals surface area contributed by atoms with Crippen molar-refractivity contribution >= 4 is 5.97 Å². The summed E-state index contributed by atoms with van der Waals surface area (Å²) < 4.78 is 10.5. The number of hydrogen-bond donors (Lipinski definition) is 2. The highest BCUT2D eigenvalue weighted by Gasteiger charge is 2.17. The molecule has 19 heavy (non-hydrogen) atoms. The number of aliphatic carboxylic acids is 1. The molecule has 1 fully saturated rings. The third kappa shape index (κ3) is 3.61. The minimum Gasteiger partial charge on any atom is -0.493 e. The van der Waals surface area contributed by atoms with Crippen molar-refractivity contribution in [3.8, 4) is 11.5 Å². The fourth-order valence-electron chi connectivity index (χ4n) is 2.33. The van der Waals surface area contributed by atoms with E-state index in [2.05, 4.69) is 5.32 Å². The predicted octanol–water partition coefficient (Wildman–Crippen LogP) is 1.63. The lowest BCUT2D eigenvalue weighted by Crippen LogP contribution is -2.28. The minimum absolute atomic E-state index is 0.360. The van der Waals surface area contributed by atoms with Gasteiger partial charge in [0, 0.05) is 6.54 Å². The summed E-state index contributed by atoms with van der Waals surface area (Å²) in [7, 11) is 1.56. The Hall–Kier alpha value is -1.75. The summed E-state index contributed by atoms with van der Waals surface area (Å²) in [5, 5.41) is 12.0. The summed E-state index contributed by atoms with van der Waals surface area (Å²) in [6, 6.07) is 5.71. The van der Waals surface area contributed by atoms with E-state index in [0.29, 0.717) is 17.4 Å². The second-order valence-corrected chi connectivity index (χ2v) is 4.64. The van der Waals surface area contributed by atoms with E-state index >= 15 is 0 Å². The Morgan fingerprint density at radius 1 is 1.47 bits per heavy atom. The fourth-order valence-corrected chi connectivity index (χ4v) is 2.33. The van der Waals surface area contributed by atoms with Gasteiger partial charge in [-0.1, -0.05) is 6.07 Å². The van der Waals surface area contributed by atoms with E-state index in [4.69, 9.17) is 14.6 Å². The standard InChI is InChI=1S/C14H19NO4/c1-18-13-7-10(11-3-2-6-15-8-11)4-5-12(13)19-9-14(16)17/h4-5,7,11,15H,2-3,6,8-9H2,1H3,(H,16,17). The molecule has 1 unspecified atom stereocenters. The normalized spacial score (nSPS) is 18.9. The molecule has 1 heterocycles. The van der Waals surface area contributed by atoms with Crippen LogP contribution in [0.4, 0.5) is 0 Å². The van der Waals surface area contributed by atoms with Gasteiger partial charge in [0.1, 0.15) is 0 Å². The van der Waals surface area contributed by atoms with E-state index in [1.807, 2.05) is 12.1 Å². The van der Waals surface area contributed by atoms with Crippen molar-refractivity contribution in [3.63, 3.8) is 0 Å². The van der Waals surface area contributed by atoms with Crippen LogP contribution in [0.15, 0.2) is 18.2 Å². The van der Waals surface area contributed by atoms with E-state index in [0.717, 1.165) is 19.5 Å². The second-order valence-electron chi connectivity index (χ2n) is 4.64. The summed E-state index contributed by atoms with van der Waals surface area (Å²) in [6.07, 6.45) is 2.33. The molecule has 0 saturated carbocycles. The molecule has 1 aliphatic heterocycles. The lowest BCUT2D eigenvalue weighted by molar-refractivity contribution is -0.139. The molecule has 1 saturated heterocycles. The lowest BCUT2D eigenvalue weighted by atomic mass is 9.91. The topological polar surface area (TPSA) is 67.8 Å². The van der Waals surface area contributed by atoms with E-state index in [1.54, 1.807) is 13.2 Å². The number of piperidine rings is 1. The van der Waals surface area contributed by atoms with Crippen LogP contribution < -0.4 is 14.8 Å². The Morgan fingerprint density at radius 3 is 2.95 bits per heavy atom. The van der Waals surface area contributed by atoms with Crippen LogP contribution in [-0.2, 0) is 4.79 Å². The van der Waals surface area contributed by atoms with Crippen molar-refractivity contribution in [1.82, 2.24) is 5.32 Å². The maximum Gasteiger partial charge on any atom is 0.341 e. The molecule has 1 atom stereocenters. The molecule has 5 heteroatoms. The highest BCUT2D eigenvalue weighted by atomic mass is 16.5. The van der Waals surface area contributed by atoms with Crippen molar-refractivity contribution in [3.05, 3.63) is 23.8 Å². The molecular weight excluding hydrogens is 246 g/mol. The number of benzene rings is 1. The molecule has 0 amide bonds. The van der Waals surface area contributed by atoms with Crippen LogP contribution >= 0.6 is 0 Å². The number of methoxy groups -OCH3 is 1. The number of hydrogen-bond acceptors (Lipinski definition) is 4. The van der Waals surface area contributed by atoms with Crippen LogP contribution in [0.5, 0.6) is 11.5 Å². The van der Waals surface area contributed by atoms with Gasteiger partial charge in [-0.05, 0) is 43.0 Å². The Labute approximate surface area is 112 Å². The van der Waals surface area contributed by atoms with Crippen molar-refractivity contribution < 1.29 is 19.4 Å².